The molecular formula is C8H15NO3S2. The Morgan fingerprint density at radius 3 is 2.50 bits per heavy atom. The number of hydrogen-bond acceptors (Lipinski definition) is 4. The molecule has 0 unspecified atom stereocenters. The summed E-state index contributed by atoms with van der Waals surface area (Å²) in [6.07, 6.45) is 0.937. The lowest BCUT2D eigenvalue weighted by atomic mass is 10.3. The first-order chi connectivity index (χ1) is 6.63. The monoisotopic (exact) mass is 237 g/mol. The predicted octanol–water partition coefficient (Wildman–Crippen LogP) is 1.37. The van der Waals surface area contributed by atoms with Crippen LogP contribution in [0.4, 0.5) is 0 Å². The van der Waals surface area contributed by atoms with E-state index in [2.05, 4.69) is 5.32 Å². The predicted molar refractivity (Wildman–Crippen MR) is 60.5 cm³/mol. The van der Waals surface area contributed by atoms with Gasteiger partial charge in [0.15, 0.2) is 0 Å². The van der Waals surface area contributed by atoms with Gasteiger partial charge in [-0.05, 0) is 6.42 Å². The van der Waals surface area contributed by atoms with Crippen LogP contribution in [-0.4, -0.2) is 35.0 Å². The summed E-state index contributed by atoms with van der Waals surface area (Å²) in [5, 5.41) is 11.0. The highest BCUT2D eigenvalue weighted by Crippen LogP contribution is 2.21. The Kier molecular flexibility index (Phi) is 8.97. The van der Waals surface area contributed by atoms with E-state index in [-0.39, 0.29) is 12.3 Å². The average Bonchev–Trinajstić information content (AvgIpc) is 2.08. The standard InChI is InChI=1S/C8H15NO3S2/c1-7(10)9-4-6-14-13-5-2-3-8(11)12/h2-6H2,1H3,(H,9,10)(H,11,12). The van der Waals surface area contributed by atoms with Gasteiger partial charge in [-0.3, -0.25) is 9.59 Å². The quantitative estimate of drug-likeness (QED) is 0.493. The second-order valence-corrected chi connectivity index (χ2v) is 5.33. The summed E-state index contributed by atoms with van der Waals surface area (Å²) in [5.41, 5.74) is 0. The fraction of sp³-hybridized carbons (Fsp3) is 0.750. The number of carboxylic acids is 1. The van der Waals surface area contributed by atoms with E-state index in [4.69, 9.17) is 5.11 Å². The number of rotatable bonds is 8. The Balaban J connectivity index is 2.99. The van der Waals surface area contributed by atoms with Gasteiger partial charge in [-0.15, -0.1) is 0 Å². The van der Waals surface area contributed by atoms with Gasteiger partial charge >= 0.3 is 5.97 Å². The van der Waals surface area contributed by atoms with Gasteiger partial charge in [-0.25, -0.2) is 0 Å². The van der Waals surface area contributed by atoms with Gasteiger partial charge in [0.2, 0.25) is 5.91 Å². The highest BCUT2D eigenvalue weighted by Gasteiger charge is 1.97. The summed E-state index contributed by atoms with van der Waals surface area (Å²) in [6.45, 7) is 2.16. The third-order valence-corrected chi connectivity index (χ3v) is 3.75. The van der Waals surface area contributed by atoms with Crippen LogP contribution in [-0.2, 0) is 9.59 Å². The highest BCUT2D eigenvalue weighted by molar-refractivity contribution is 8.76. The Morgan fingerprint density at radius 2 is 1.93 bits per heavy atom. The average molecular weight is 237 g/mol. The molecule has 6 heteroatoms. The maximum atomic E-state index is 10.5. The molecule has 0 aliphatic carbocycles. The Bertz CT molecular complexity index is 167. The van der Waals surface area contributed by atoms with Crippen LogP contribution >= 0.6 is 21.6 Å². The highest BCUT2D eigenvalue weighted by atomic mass is 33.1. The fourth-order valence-electron chi connectivity index (χ4n) is 0.669. The van der Waals surface area contributed by atoms with Gasteiger partial charge in [-0.2, -0.15) is 0 Å². The molecule has 0 aromatic carbocycles. The number of carbonyl (C=O) groups is 2. The summed E-state index contributed by atoms with van der Waals surface area (Å²) >= 11 is 0. The van der Waals surface area contributed by atoms with Gasteiger partial charge in [0.25, 0.3) is 0 Å². The number of hydrogen-bond donors (Lipinski definition) is 2. The van der Waals surface area contributed by atoms with Crippen molar-refractivity contribution in [2.24, 2.45) is 0 Å². The molecule has 0 heterocycles. The molecule has 0 spiro atoms. The minimum absolute atomic E-state index is 0.0125. The van der Waals surface area contributed by atoms with Gasteiger partial charge in [0.1, 0.15) is 0 Å². The molecule has 0 fully saturated rings. The topological polar surface area (TPSA) is 66.4 Å². The molecule has 4 nitrogen and oxygen atoms in total. The van der Waals surface area contributed by atoms with Crippen LogP contribution < -0.4 is 5.32 Å². The van der Waals surface area contributed by atoms with E-state index in [0.29, 0.717) is 13.0 Å². The molecule has 0 aliphatic heterocycles. The van der Waals surface area contributed by atoms with Crippen LogP contribution in [0.3, 0.4) is 0 Å². The molecule has 0 saturated carbocycles. The molecule has 0 aromatic heterocycles. The van der Waals surface area contributed by atoms with Crippen LogP contribution in [0.1, 0.15) is 19.8 Å². The molecule has 0 bridgehead atoms. The van der Waals surface area contributed by atoms with Crippen molar-refractivity contribution in [3.05, 3.63) is 0 Å². The lowest BCUT2D eigenvalue weighted by Gasteiger charge is -2.01. The second kappa shape index (κ2) is 9.21. The van der Waals surface area contributed by atoms with E-state index >= 15 is 0 Å². The minimum Gasteiger partial charge on any atom is -0.481 e. The minimum atomic E-state index is -0.742. The number of amides is 1. The maximum absolute atomic E-state index is 10.5. The van der Waals surface area contributed by atoms with Crippen molar-refractivity contribution in [2.75, 3.05) is 18.1 Å². The van der Waals surface area contributed by atoms with Gasteiger partial charge in [0.05, 0.1) is 0 Å². The molecule has 2 N–H and O–H groups in total. The first-order valence-electron chi connectivity index (χ1n) is 4.33. The zero-order valence-electron chi connectivity index (χ0n) is 8.12. The number of aliphatic carboxylic acids is 1. The van der Waals surface area contributed by atoms with E-state index < -0.39 is 5.97 Å². The summed E-state index contributed by atoms with van der Waals surface area (Å²) < 4.78 is 0. The second-order valence-electron chi connectivity index (χ2n) is 2.62. The molecule has 1 amide bonds. The molecule has 14 heavy (non-hydrogen) atoms. The van der Waals surface area contributed by atoms with Crippen molar-refractivity contribution in [3.63, 3.8) is 0 Å². The first-order valence-corrected chi connectivity index (χ1v) is 6.82. The number of carbonyl (C=O) groups excluding carboxylic acids is 1. The van der Waals surface area contributed by atoms with E-state index in [1.807, 2.05) is 0 Å². The van der Waals surface area contributed by atoms with Gasteiger partial charge in [-0.1, -0.05) is 21.6 Å². The summed E-state index contributed by atoms with van der Waals surface area (Å²) in [6, 6.07) is 0. The third kappa shape index (κ3) is 11.6. The summed E-state index contributed by atoms with van der Waals surface area (Å²) in [7, 11) is 3.30. The van der Waals surface area contributed by atoms with Crippen LogP contribution in [0.2, 0.25) is 0 Å². The molecule has 0 rings (SSSR count). The lowest BCUT2D eigenvalue weighted by molar-refractivity contribution is -0.137. The number of carboxylic acid groups (broad SMARTS) is 1. The van der Waals surface area contributed by atoms with E-state index in [1.54, 1.807) is 21.6 Å². The Morgan fingerprint density at radius 1 is 1.29 bits per heavy atom. The van der Waals surface area contributed by atoms with E-state index in [1.165, 1.54) is 6.92 Å². The van der Waals surface area contributed by atoms with Crippen molar-refractivity contribution in [2.45, 2.75) is 19.8 Å². The van der Waals surface area contributed by atoms with Gasteiger partial charge in [0, 0.05) is 31.4 Å². The molecule has 0 saturated heterocycles. The van der Waals surface area contributed by atoms with Gasteiger partial charge < -0.3 is 10.4 Å². The molecule has 0 aromatic rings. The third-order valence-electron chi connectivity index (χ3n) is 1.26. The summed E-state index contributed by atoms with van der Waals surface area (Å²) in [4.78, 5) is 20.6. The maximum Gasteiger partial charge on any atom is 0.303 e. The van der Waals surface area contributed by atoms with Crippen LogP contribution in [0, 0.1) is 0 Å². The summed E-state index contributed by atoms with van der Waals surface area (Å²) in [5.74, 6) is 0.948. The largest absolute Gasteiger partial charge is 0.481 e. The van der Waals surface area contributed by atoms with Crippen molar-refractivity contribution in [3.8, 4) is 0 Å². The van der Waals surface area contributed by atoms with Crippen LogP contribution in [0.25, 0.3) is 0 Å². The van der Waals surface area contributed by atoms with Crippen LogP contribution in [0.5, 0.6) is 0 Å². The smallest absolute Gasteiger partial charge is 0.303 e. The molecular weight excluding hydrogens is 222 g/mol. The van der Waals surface area contributed by atoms with E-state index in [0.717, 1.165) is 11.5 Å². The first kappa shape index (κ1) is 13.6. The van der Waals surface area contributed by atoms with Crippen molar-refractivity contribution < 1.29 is 14.7 Å². The van der Waals surface area contributed by atoms with Crippen molar-refractivity contribution in [1.29, 1.82) is 0 Å². The molecule has 0 aliphatic rings. The zero-order chi connectivity index (χ0) is 10.8. The lowest BCUT2D eigenvalue weighted by Crippen LogP contribution is -2.22. The normalized spacial score (nSPS) is 9.79. The molecule has 0 atom stereocenters. The SMILES string of the molecule is CC(=O)NCCSSCCCC(=O)O. The molecule has 82 valence electrons. The fourth-order valence-corrected chi connectivity index (χ4v) is 2.66. The molecule has 0 radical (unpaired) electrons. The Hall–Kier alpha value is -0.360. The van der Waals surface area contributed by atoms with Crippen LogP contribution in [0.15, 0.2) is 0 Å². The van der Waals surface area contributed by atoms with E-state index in [9.17, 15) is 9.59 Å². The Labute approximate surface area is 91.6 Å². The zero-order valence-corrected chi connectivity index (χ0v) is 9.75. The van der Waals surface area contributed by atoms with Crippen molar-refractivity contribution in [1.82, 2.24) is 5.32 Å². The van der Waals surface area contributed by atoms with Crippen molar-refractivity contribution >= 4 is 33.5 Å². The number of nitrogens with one attached hydrogen (secondary N) is 1.